The van der Waals surface area contributed by atoms with Crippen LogP contribution in [0.25, 0.3) is 6.08 Å². The van der Waals surface area contributed by atoms with Crippen LogP contribution in [0, 0.1) is 0 Å². The fraction of sp³-hybridized carbons (Fsp3) is 0.188. The van der Waals surface area contributed by atoms with Crippen molar-refractivity contribution in [2.45, 2.75) is 6.92 Å². The molecule has 1 heterocycles. The van der Waals surface area contributed by atoms with Gasteiger partial charge in [-0.1, -0.05) is 60.4 Å². The Bertz CT molecular complexity index is 665. The van der Waals surface area contributed by atoms with Crippen LogP contribution >= 0.6 is 24.0 Å². The molecule has 114 valence electrons. The minimum absolute atomic E-state index is 0.153. The van der Waals surface area contributed by atoms with Crippen molar-refractivity contribution in [1.29, 1.82) is 0 Å². The summed E-state index contributed by atoms with van der Waals surface area (Å²) in [6.45, 7) is 1.76. The molecule has 0 radical (unpaired) electrons. The molecule has 0 unspecified atom stereocenters. The summed E-state index contributed by atoms with van der Waals surface area (Å²) in [5.74, 6) is -0.754. The summed E-state index contributed by atoms with van der Waals surface area (Å²) in [7, 11) is 1.28. The van der Waals surface area contributed by atoms with Gasteiger partial charge in [0, 0.05) is 0 Å². The zero-order chi connectivity index (χ0) is 16.1. The zero-order valence-corrected chi connectivity index (χ0v) is 13.9. The number of hydrogen-bond donors (Lipinski definition) is 0. The number of thioether (sulfide) groups is 1. The van der Waals surface area contributed by atoms with E-state index in [0.29, 0.717) is 9.23 Å². The maximum atomic E-state index is 12.3. The van der Waals surface area contributed by atoms with Gasteiger partial charge in [0.25, 0.3) is 5.91 Å². The first-order valence-corrected chi connectivity index (χ1v) is 7.79. The molecule has 0 N–H and O–H groups in total. The third-order valence-corrected chi connectivity index (χ3v) is 4.32. The smallest absolute Gasteiger partial charge is 0.325 e. The molecule has 1 aromatic rings. The molecule has 0 aliphatic carbocycles. The van der Waals surface area contributed by atoms with E-state index in [1.54, 1.807) is 6.08 Å². The van der Waals surface area contributed by atoms with E-state index in [1.807, 2.05) is 43.3 Å². The van der Waals surface area contributed by atoms with Crippen molar-refractivity contribution >= 4 is 46.3 Å². The van der Waals surface area contributed by atoms with E-state index < -0.39 is 5.97 Å². The van der Waals surface area contributed by atoms with Crippen molar-refractivity contribution in [3.63, 3.8) is 0 Å². The number of esters is 1. The molecule has 1 fully saturated rings. The number of hydrogen-bond acceptors (Lipinski definition) is 5. The zero-order valence-electron chi connectivity index (χ0n) is 12.2. The fourth-order valence-corrected chi connectivity index (χ4v) is 3.20. The number of rotatable bonds is 4. The number of benzene rings is 1. The Morgan fingerprint density at radius 2 is 2.05 bits per heavy atom. The van der Waals surface area contributed by atoms with Crippen molar-refractivity contribution in [3.05, 3.63) is 52.4 Å². The van der Waals surface area contributed by atoms with Crippen molar-refractivity contribution in [2.24, 2.45) is 0 Å². The predicted molar refractivity (Wildman–Crippen MR) is 92.1 cm³/mol. The van der Waals surface area contributed by atoms with E-state index in [-0.39, 0.29) is 12.5 Å². The van der Waals surface area contributed by atoms with Crippen molar-refractivity contribution in [1.82, 2.24) is 4.90 Å². The van der Waals surface area contributed by atoms with Gasteiger partial charge in [0.1, 0.15) is 10.9 Å². The molecule has 22 heavy (non-hydrogen) atoms. The first-order valence-electron chi connectivity index (χ1n) is 6.57. The highest BCUT2D eigenvalue weighted by atomic mass is 32.2. The van der Waals surface area contributed by atoms with Gasteiger partial charge in [-0.25, -0.2) is 0 Å². The molecule has 1 aliphatic rings. The molecule has 0 spiro atoms. The lowest BCUT2D eigenvalue weighted by Gasteiger charge is -2.11. The maximum absolute atomic E-state index is 12.3. The van der Waals surface area contributed by atoms with Crippen LogP contribution in [0.1, 0.15) is 12.5 Å². The Kier molecular flexibility index (Phi) is 5.51. The monoisotopic (exact) mass is 333 g/mol. The van der Waals surface area contributed by atoms with Gasteiger partial charge >= 0.3 is 5.97 Å². The Morgan fingerprint density at radius 3 is 2.68 bits per heavy atom. The van der Waals surface area contributed by atoms with Gasteiger partial charge in [-0.15, -0.1) is 0 Å². The van der Waals surface area contributed by atoms with Crippen LogP contribution in [0.4, 0.5) is 0 Å². The molecule has 2 rings (SSSR count). The molecule has 1 amide bonds. The Balaban J connectivity index is 2.16. The number of carbonyl (C=O) groups is 2. The lowest BCUT2D eigenvalue weighted by Crippen LogP contribution is -2.34. The van der Waals surface area contributed by atoms with E-state index in [9.17, 15) is 9.59 Å². The van der Waals surface area contributed by atoms with Crippen molar-refractivity contribution in [2.75, 3.05) is 13.7 Å². The summed E-state index contributed by atoms with van der Waals surface area (Å²) in [5.41, 5.74) is 1.99. The highest BCUT2D eigenvalue weighted by Crippen LogP contribution is 2.31. The normalized spacial score (nSPS) is 17.3. The van der Waals surface area contributed by atoms with Crippen LogP contribution in [-0.4, -0.2) is 34.8 Å². The number of allylic oxidation sites excluding steroid dienone is 2. The van der Waals surface area contributed by atoms with E-state index in [0.717, 1.165) is 11.1 Å². The molecule has 6 heteroatoms. The minimum Gasteiger partial charge on any atom is -0.468 e. The van der Waals surface area contributed by atoms with E-state index in [4.69, 9.17) is 12.2 Å². The fourth-order valence-electron chi connectivity index (χ4n) is 1.89. The van der Waals surface area contributed by atoms with Gasteiger partial charge in [0.2, 0.25) is 0 Å². The first kappa shape index (κ1) is 16.5. The number of thiocarbonyl (C=S) groups is 1. The molecule has 0 atom stereocenters. The standard InChI is InChI=1S/C16H15NO3S2/c1-11(8-12-6-4-3-5-7-12)9-13-15(19)17(16(21)22-13)10-14(18)20-2/h3-9H,10H2,1-2H3/b11-8+,13-9-. The van der Waals surface area contributed by atoms with Gasteiger partial charge in [0.05, 0.1) is 12.0 Å². The molecular formula is C16H15NO3S2. The molecule has 4 nitrogen and oxygen atoms in total. The summed E-state index contributed by atoms with van der Waals surface area (Å²) >= 11 is 6.34. The number of amides is 1. The van der Waals surface area contributed by atoms with Crippen molar-refractivity contribution < 1.29 is 14.3 Å². The van der Waals surface area contributed by atoms with E-state index in [2.05, 4.69) is 4.74 Å². The lowest BCUT2D eigenvalue weighted by atomic mass is 10.1. The van der Waals surface area contributed by atoms with Gasteiger partial charge < -0.3 is 4.74 Å². The molecule has 1 aliphatic heterocycles. The molecule has 0 aromatic heterocycles. The van der Waals surface area contributed by atoms with Crippen LogP contribution in [0.2, 0.25) is 0 Å². The summed E-state index contributed by atoms with van der Waals surface area (Å²) in [6.07, 6.45) is 3.76. The van der Waals surface area contributed by atoms with Crippen LogP contribution in [-0.2, 0) is 14.3 Å². The van der Waals surface area contributed by atoms with Gasteiger partial charge in [-0.2, -0.15) is 0 Å². The number of nitrogens with zero attached hydrogens (tertiary/aromatic N) is 1. The summed E-state index contributed by atoms with van der Waals surface area (Å²) in [4.78, 5) is 25.4. The number of carbonyl (C=O) groups excluding carboxylic acids is 2. The average molecular weight is 333 g/mol. The van der Waals surface area contributed by atoms with Crippen LogP contribution < -0.4 is 0 Å². The Hall–Kier alpha value is -1.92. The van der Waals surface area contributed by atoms with Gasteiger partial charge in [-0.05, 0) is 24.1 Å². The average Bonchev–Trinajstić information content (AvgIpc) is 2.75. The molecule has 0 saturated carbocycles. The quantitative estimate of drug-likeness (QED) is 0.481. The van der Waals surface area contributed by atoms with Crippen molar-refractivity contribution in [3.8, 4) is 0 Å². The lowest BCUT2D eigenvalue weighted by molar-refractivity contribution is -0.143. The summed E-state index contributed by atoms with van der Waals surface area (Å²) < 4.78 is 4.94. The molecule has 0 bridgehead atoms. The SMILES string of the molecule is COC(=O)CN1C(=O)/C(=C/C(C)=C/c2ccccc2)SC1=S. The Morgan fingerprint density at radius 1 is 1.36 bits per heavy atom. The Labute approximate surface area is 138 Å². The second kappa shape index (κ2) is 7.38. The van der Waals surface area contributed by atoms with E-state index >= 15 is 0 Å². The van der Waals surface area contributed by atoms with Crippen LogP contribution in [0.5, 0.6) is 0 Å². The van der Waals surface area contributed by atoms with Gasteiger partial charge in [0.15, 0.2) is 0 Å². The number of ether oxygens (including phenoxy) is 1. The molecule has 1 aromatic carbocycles. The summed E-state index contributed by atoms with van der Waals surface area (Å²) in [5, 5.41) is 0. The third-order valence-electron chi connectivity index (χ3n) is 2.94. The second-order valence-corrected chi connectivity index (χ2v) is 6.32. The van der Waals surface area contributed by atoms with Crippen LogP contribution in [0.3, 0.4) is 0 Å². The minimum atomic E-state index is -0.492. The highest BCUT2D eigenvalue weighted by Gasteiger charge is 2.33. The summed E-state index contributed by atoms with van der Waals surface area (Å²) in [6, 6.07) is 9.83. The molecular weight excluding hydrogens is 318 g/mol. The highest BCUT2D eigenvalue weighted by molar-refractivity contribution is 8.26. The topological polar surface area (TPSA) is 46.6 Å². The number of methoxy groups -OCH3 is 1. The molecule has 1 saturated heterocycles. The predicted octanol–water partition coefficient (Wildman–Crippen LogP) is 3.01. The third kappa shape index (κ3) is 4.05. The largest absolute Gasteiger partial charge is 0.468 e. The first-order chi connectivity index (χ1) is 10.5. The van der Waals surface area contributed by atoms with Crippen LogP contribution in [0.15, 0.2) is 46.9 Å². The van der Waals surface area contributed by atoms with Gasteiger partial charge in [-0.3, -0.25) is 14.5 Å². The second-order valence-electron chi connectivity index (χ2n) is 4.64. The maximum Gasteiger partial charge on any atom is 0.325 e. The van der Waals surface area contributed by atoms with E-state index in [1.165, 1.54) is 23.8 Å².